The Labute approximate surface area is 104 Å². The summed E-state index contributed by atoms with van der Waals surface area (Å²) in [5, 5.41) is 0.708. The van der Waals surface area contributed by atoms with Crippen molar-refractivity contribution in [2.75, 3.05) is 18.6 Å². The minimum atomic E-state index is -0.189. The van der Waals surface area contributed by atoms with Gasteiger partial charge in [-0.25, -0.2) is 0 Å². The summed E-state index contributed by atoms with van der Waals surface area (Å²) in [6.07, 6.45) is 0.418. The van der Waals surface area contributed by atoms with Crippen LogP contribution in [0.1, 0.15) is 12.0 Å². The molecule has 0 amide bonds. The number of carbonyl (C=O) groups excluding carboxylic acids is 1. The van der Waals surface area contributed by atoms with Crippen LogP contribution < -0.4 is 5.73 Å². The number of anilines is 1. The van der Waals surface area contributed by atoms with Crippen LogP contribution in [0.2, 0.25) is 5.02 Å². The molecule has 0 aromatic heterocycles. The number of benzene rings is 1. The van der Waals surface area contributed by atoms with Crippen molar-refractivity contribution < 1.29 is 9.53 Å². The summed E-state index contributed by atoms with van der Waals surface area (Å²) < 4.78 is 4.55. The highest BCUT2D eigenvalue weighted by Gasteiger charge is 2.03. The minimum Gasteiger partial charge on any atom is -0.469 e. The summed E-state index contributed by atoms with van der Waals surface area (Å²) in [5.74, 6) is 1.28. The largest absolute Gasteiger partial charge is 0.469 e. The number of ether oxygens (including phenoxy) is 1. The maximum atomic E-state index is 10.9. The Kier molecular flexibility index (Phi) is 5.49. The average molecular weight is 260 g/mol. The fraction of sp³-hybridized carbons (Fsp3) is 0.364. The Morgan fingerprint density at radius 2 is 2.31 bits per heavy atom. The first-order chi connectivity index (χ1) is 7.63. The lowest BCUT2D eigenvalue weighted by atomic mass is 10.2. The van der Waals surface area contributed by atoms with Crippen LogP contribution in [0.15, 0.2) is 18.2 Å². The summed E-state index contributed by atoms with van der Waals surface area (Å²) in [4.78, 5) is 10.9. The first-order valence-electron chi connectivity index (χ1n) is 4.82. The zero-order valence-corrected chi connectivity index (χ0v) is 10.6. The van der Waals surface area contributed by atoms with Crippen molar-refractivity contribution >= 4 is 35.0 Å². The molecule has 3 nitrogen and oxygen atoms in total. The van der Waals surface area contributed by atoms with E-state index >= 15 is 0 Å². The van der Waals surface area contributed by atoms with Gasteiger partial charge in [0.05, 0.1) is 13.5 Å². The predicted octanol–water partition coefficient (Wildman–Crippen LogP) is 2.72. The van der Waals surface area contributed by atoms with E-state index in [1.807, 2.05) is 6.07 Å². The van der Waals surface area contributed by atoms with Gasteiger partial charge in [0.25, 0.3) is 0 Å². The number of hydrogen-bond acceptors (Lipinski definition) is 4. The molecule has 0 spiro atoms. The first kappa shape index (κ1) is 13.2. The molecule has 0 unspecified atom stereocenters. The molecule has 0 fully saturated rings. The SMILES string of the molecule is COC(=O)CCSCc1cc(N)ccc1Cl. The Morgan fingerprint density at radius 3 is 3.00 bits per heavy atom. The molecule has 0 radical (unpaired) electrons. The minimum absolute atomic E-state index is 0.189. The number of nitrogens with two attached hydrogens (primary N) is 1. The van der Waals surface area contributed by atoms with Crippen LogP contribution in [0.5, 0.6) is 0 Å². The highest BCUT2D eigenvalue weighted by atomic mass is 35.5. The molecule has 88 valence electrons. The highest BCUT2D eigenvalue weighted by molar-refractivity contribution is 7.98. The Hall–Kier alpha value is -0.870. The van der Waals surface area contributed by atoms with E-state index in [1.54, 1.807) is 23.9 Å². The third kappa shape index (κ3) is 4.33. The number of methoxy groups -OCH3 is 1. The predicted molar refractivity (Wildman–Crippen MR) is 68.7 cm³/mol. The topological polar surface area (TPSA) is 52.3 Å². The van der Waals surface area contributed by atoms with Gasteiger partial charge in [-0.3, -0.25) is 4.79 Å². The lowest BCUT2D eigenvalue weighted by Crippen LogP contribution is -2.01. The molecule has 0 aliphatic rings. The van der Waals surface area contributed by atoms with Crippen molar-refractivity contribution in [3.63, 3.8) is 0 Å². The van der Waals surface area contributed by atoms with Crippen molar-refractivity contribution in [2.24, 2.45) is 0 Å². The lowest BCUT2D eigenvalue weighted by Gasteiger charge is -2.05. The van der Waals surface area contributed by atoms with Crippen LogP contribution in [0.25, 0.3) is 0 Å². The van der Waals surface area contributed by atoms with Gasteiger partial charge in [0.2, 0.25) is 0 Å². The van der Waals surface area contributed by atoms with Crippen LogP contribution >= 0.6 is 23.4 Å². The average Bonchev–Trinajstić information content (AvgIpc) is 2.28. The molecule has 0 atom stereocenters. The van der Waals surface area contributed by atoms with Gasteiger partial charge < -0.3 is 10.5 Å². The first-order valence-corrected chi connectivity index (χ1v) is 6.35. The van der Waals surface area contributed by atoms with E-state index in [2.05, 4.69) is 4.74 Å². The second-order valence-corrected chi connectivity index (χ2v) is 4.74. The number of hydrogen-bond donors (Lipinski definition) is 1. The lowest BCUT2D eigenvalue weighted by molar-refractivity contribution is -0.140. The van der Waals surface area contributed by atoms with E-state index in [9.17, 15) is 4.79 Å². The van der Waals surface area contributed by atoms with E-state index < -0.39 is 0 Å². The van der Waals surface area contributed by atoms with Crippen LogP contribution in [-0.4, -0.2) is 18.8 Å². The molecule has 0 saturated heterocycles. The molecule has 2 N–H and O–H groups in total. The Morgan fingerprint density at radius 1 is 1.56 bits per heavy atom. The number of nitrogen functional groups attached to an aromatic ring is 1. The third-order valence-corrected chi connectivity index (χ3v) is 3.38. The van der Waals surface area contributed by atoms with Crippen molar-refractivity contribution in [3.05, 3.63) is 28.8 Å². The zero-order valence-electron chi connectivity index (χ0n) is 9.03. The Bertz CT molecular complexity index is 371. The molecular formula is C11H14ClNO2S. The quantitative estimate of drug-likeness (QED) is 0.502. The van der Waals surface area contributed by atoms with Gasteiger partial charge in [0, 0.05) is 22.2 Å². The second-order valence-electron chi connectivity index (χ2n) is 3.23. The van der Waals surface area contributed by atoms with Gasteiger partial charge in [0.1, 0.15) is 0 Å². The summed E-state index contributed by atoms with van der Waals surface area (Å²) in [5.41, 5.74) is 7.36. The number of rotatable bonds is 5. The van der Waals surface area contributed by atoms with Crippen LogP contribution in [0, 0.1) is 0 Å². The molecule has 1 aromatic rings. The standard InChI is InChI=1S/C11H14ClNO2S/c1-15-11(14)4-5-16-7-8-6-9(13)2-3-10(8)12/h2-3,6H,4-5,7,13H2,1H3. The number of halogens is 1. The van der Waals surface area contributed by atoms with Gasteiger partial charge in [-0.15, -0.1) is 0 Å². The van der Waals surface area contributed by atoms with E-state index in [0.717, 1.165) is 17.1 Å². The zero-order chi connectivity index (χ0) is 12.0. The van der Waals surface area contributed by atoms with Gasteiger partial charge in [-0.2, -0.15) is 11.8 Å². The molecule has 0 heterocycles. The molecule has 0 saturated carbocycles. The fourth-order valence-corrected chi connectivity index (χ4v) is 2.32. The van der Waals surface area contributed by atoms with E-state index in [0.29, 0.717) is 17.1 Å². The van der Waals surface area contributed by atoms with E-state index in [-0.39, 0.29) is 5.97 Å². The maximum Gasteiger partial charge on any atom is 0.306 e. The normalized spacial score (nSPS) is 10.1. The molecule has 5 heteroatoms. The van der Waals surface area contributed by atoms with Crippen LogP contribution in [0.4, 0.5) is 5.69 Å². The van der Waals surface area contributed by atoms with Crippen molar-refractivity contribution in [3.8, 4) is 0 Å². The smallest absolute Gasteiger partial charge is 0.306 e. The summed E-state index contributed by atoms with van der Waals surface area (Å²) in [6.45, 7) is 0. The van der Waals surface area contributed by atoms with Crippen molar-refractivity contribution in [2.45, 2.75) is 12.2 Å². The molecule has 0 bridgehead atoms. The van der Waals surface area contributed by atoms with E-state index in [4.69, 9.17) is 17.3 Å². The summed E-state index contributed by atoms with van der Waals surface area (Å²) in [7, 11) is 1.39. The van der Waals surface area contributed by atoms with Crippen molar-refractivity contribution in [1.82, 2.24) is 0 Å². The highest BCUT2D eigenvalue weighted by Crippen LogP contribution is 2.23. The van der Waals surface area contributed by atoms with Gasteiger partial charge >= 0.3 is 5.97 Å². The Balaban J connectivity index is 2.37. The molecule has 1 rings (SSSR count). The maximum absolute atomic E-state index is 10.9. The van der Waals surface area contributed by atoms with E-state index in [1.165, 1.54) is 7.11 Å². The molecule has 16 heavy (non-hydrogen) atoms. The number of thioether (sulfide) groups is 1. The molecule has 0 aliphatic heterocycles. The molecular weight excluding hydrogens is 246 g/mol. The second kappa shape index (κ2) is 6.66. The summed E-state index contributed by atoms with van der Waals surface area (Å²) in [6, 6.07) is 5.41. The number of esters is 1. The van der Waals surface area contributed by atoms with Crippen LogP contribution in [0.3, 0.4) is 0 Å². The van der Waals surface area contributed by atoms with Crippen LogP contribution in [-0.2, 0) is 15.3 Å². The molecule has 1 aromatic carbocycles. The van der Waals surface area contributed by atoms with Gasteiger partial charge in [0.15, 0.2) is 0 Å². The molecule has 0 aliphatic carbocycles. The number of carbonyl (C=O) groups is 1. The van der Waals surface area contributed by atoms with Gasteiger partial charge in [-0.1, -0.05) is 11.6 Å². The van der Waals surface area contributed by atoms with Crippen molar-refractivity contribution in [1.29, 1.82) is 0 Å². The summed E-state index contributed by atoms with van der Waals surface area (Å²) >= 11 is 7.64. The van der Waals surface area contributed by atoms with Gasteiger partial charge in [-0.05, 0) is 23.8 Å². The third-order valence-electron chi connectivity index (χ3n) is 2.01. The fourth-order valence-electron chi connectivity index (χ4n) is 1.14. The monoisotopic (exact) mass is 259 g/mol.